The highest BCUT2D eigenvalue weighted by Gasteiger charge is 2.27. The maximum Gasteiger partial charge on any atom is 0.411 e. The fraction of sp³-hybridized carbons (Fsp3) is 0.600. The quantitative estimate of drug-likeness (QED) is 0.703. The molecule has 1 atom stereocenters. The monoisotopic (exact) mass is 289 g/mol. The molecule has 0 aromatic heterocycles. The van der Waals surface area contributed by atoms with Gasteiger partial charge >= 0.3 is 6.18 Å². The molecular formula is C15H22F3NO. The summed E-state index contributed by atoms with van der Waals surface area (Å²) in [7, 11) is 0. The van der Waals surface area contributed by atoms with Crippen LogP contribution in [-0.2, 0) is 11.2 Å². The van der Waals surface area contributed by atoms with Crippen LogP contribution < -0.4 is 5.32 Å². The molecule has 114 valence electrons. The number of hydrogen-bond acceptors (Lipinski definition) is 2. The van der Waals surface area contributed by atoms with E-state index in [2.05, 4.69) is 5.32 Å². The van der Waals surface area contributed by atoms with Gasteiger partial charge in [-0.3, -0.25) is 0 Å². The lowest BCUT2D eigenvalue weighted by atomic mass is 9.96. The summed E-state index contributed by atoms with van der Waals surface area (Å²) < 4.78 is 40.7. The first kappa shape index (κ1) is 17.0. The van der Waals surface area contributed by atoms with E-state index in [0.29, 0.717) is 6.42 Å². The Morgan fingerprint density at radius 2 is 1.90 bits per heavy atom. The van der Waals surface area contributed by atoms with Gasteiger partial charge in [-0.05, 0) is 37.4 Å². The van der Waals surface area contributed by atoms with Crippen molar-refractivity contribution >= 4 is 0 Å². The molecule has 1 aromatic carbocycles. The number of ether oxygens (including phenoxy) is 1. The first-order chi connectivity index (χ1) is 9.51. The van der Waals surface area contributed by atoms with Gasteiger partial charge in [0.1, 0.15) is 6.61 Å². The highest BCUT2D eigenvalue weighted by molar-refractivity contribution is 5.15. The molecule has 0 aliphatic carbocycles. The zero-order chi connectivity index (χ0) is 14.8. The van der Waals surface area contributed by atoms with Crippen LogP contribution in [0.2, 0.25) is 0 Å². The molecule has 0 saturated carbocycles. The third kappa shape index (κ3) is 8.17. The number of nitrogens with one attached hydrogen (secondary N) is 1. The lowest BCUT2D eigenvalue weighted by molar-refractivity contribution is -0.174. The summed E-state index contributed by atoms with van der Waals surface area (Å²) in [6.07, 6.45) is -2.77. The molecule has 0 aliphatic heterocycles. The molecule has 0 bridgehead atoms. The van der Waals surface area contributed by atoms with Gasteiger partial charge in [-0.1, -0.05) is 37.3 Å². The molecule has 0 heterocycles. The van der Waals surface area contributed by atoms with Gasteiger partial charge in [-0.15, -0.1) is 0 Å². The maximum absolute atomic E-state index is 12.0. The molecule has 1 unspecified atom stereocenters. The summed E-state index contributed by atoms with van der Waals surface area (Å²) in [6.45, 7) is 2.64. The molecule has 1 N–H and O–H groups in total. The second-order valence-electron chi connectivity index (χ2n) is 4.82. The SMILES string of the molecule is CCNCC(CCOCC(F)(F)F)Cc1ccccc1. The molecule has 0 saturated heterocycles. The van der Waals surface area contributed by atoms with Crippen LogP contribution in [-0.4, -0.2) is 32.5 Å². The third-order valence-corrected chi connectivity index (χ3v) is 2.99. The highest BCUT2D eigenvalue weighted by atomic mass is 19.4. The smallest absolute Gasteiger partial charge is 0.372 e. The van der Waals surface area contributed by atoms with Crippen molar-refractivity contribution in [1.29, 1.82) is 0 Å². The predicted molar refractivity (Wildman–Crippen MR) is 73.7 cm³/mol. The highest BCUT2D eigenvalue weighted by Crippen LogP contribution is 2.16. The van der Waals surface area contributed by atoms with Gasteiger partial charge in [0.15, 0.2) is 0 Å². The van der Waals surface area contributed by atoms with Crippen LogP contribution in [0.1, 0.15) is 18.9 Å². The topological polar surface area (TPSA) is 21.3 Å². The van der Waals surface area contributed by atoms with Gasteiger partial charge in [0, 0.05) is 6.61 Å². The number of hydrogen-bond donors (Lipinski definition) is 1. The average Bonchev–Trinajstić information content (AvgIpc) is 2.40. The molecule has 1 aromatic rings. The van der Waals surface area contributed by atoms with Crippen LogP contribution in [0, 0.1) is 5.92 Å². The van der Waals surface area contributed by atoms with Crippen LogP contribution in [0.4, 0.5) is 13.2 Å². The molecule has 1 rings (SSSR count). The van der Waals surface area contributed by atoms with Gasteiger partial charge in [-0.2, -0.15) is 13.2 Å². The molecule has 0 aliphatic rings. The Bertz CT molecular complexity index is 354. The van der Waals surface area contributed by atoms with E-state index < -0.39 is 12.8 Å². The van der Waals surface area contributed by atoms with Crippen molar-refractivity contribution in [3.63, 3.8) is 0 Å². The molecule has 0 spiro atoms. The molecule has 20 heavy (non-hydrogen) atoms. The fourth-order valence-corrected chi connectivity index (χ4v) is 2.01. The van der Waals surface area contributed by atoms with Gasteiger partial charge < -0.3 is 10.1 Å². The van der Waals surface area contributed by atoms with E-state index >= 15 is 0 Å². The molecule has 0 radical (unpaired) electrons. The lowest BCUT2D eigenvalue weighted by Gasteiger charge is -2.18. The first-order valence-electron chi connectivity index (χ1n) is 6.90. The second-order valence-corrected chi connectivity index (χ2v) is 4.82. The van der Waals surface area contributed by atoms with Crippen molar-refractivity contribution < 1.29 is 17.9 Å². The summed E-state index contributed by atoms with van der Waals surface area (Å²) in [5.74, 6) is 0.283. The van der Waals surface area contributed by atoms with Gasteiger partial charge in [0.05, 0.1) is 0 Å². The summed E-state index contributed by atoms with van der Waals surface area (Å²) in [5, 5.41) is 3.25. The van der Waals surface area contributed by atoms with Crippen LogP contribution in [0.25, 0.3) is 0 Å². The van der Waals surface area contributed by atoms with E-state index in [-0.39, 0.29) is 12.5 Å². The van der Waals surface area contributed by atoms with Crippen molar-refractivity contribution in [2.45, 2.75) is 25.9 Å². The summed E-state index contributed by atoms with van der Waals surface area (Å²) >= 11 is 0. The molecule has 5 heteroatoms. The predicted octanol–water partition coefficient (Wildman–Crippen LogP) is 3.42. The van der Waals surface area contributed by atoms with Crippen molar-refractivity contribution in [2.75, 3.05) is 26.3 Å². The largest absolute Gasteiger partial charge is 0.411 e. The minimum absolute atomic E-state index is 0.141. The number of rotatable bonds is 9. The Kier molecular flexibility index (Phi) is 7.62. The van der Waals surface area contributed by atoms with Gasteiger partial charge in [0.25, 0.3) is 0 Å². The zero-order valence-corrected chi connectivity index (χ0v) is 11.7. The normalized spacial score (nSPS) is 13.4. The van der Waals surface area contributed by atoms with Crippen LogP contribution in [0.3, 0.4) is 0 Å². The first-order valence-corrected chi connectivity index (χ1v) is 6.90. The molecular weight excluding hydrogens is 267 g/mol. The number of alkyl halides is 3. The van der Waals surface area contributed by atoms with Crippen molar-refractivity contribution in [3.05, 3.63) is 35.9 Å². The summed E-state index contributed by atoms with van der Waals surface area (Å²) in [6, 6.07) is 9.97. The third-order valence-electron chi connectivity index (χ3n) is 2.99. The van der Waals surface area contributed by atoms with E-state index in [0.717, 1.165) is 19.5 Å². The molecule has 0 fully saturated rings. The van der Waals surface area contributed by atoms with Gasteiger partial charge in [-0.25, -0.2) is 0 Å². The molecule has 0 amide bonds. The van der Waals surface area contributed by atoms with E-state index in [1.807, 2.05) is 37.3 Å². The van der Waals surface area contributed by atoms with Crippen molar-refractivity contribution in [2.24, 2.45) is 5.92 Å². The van der Waals surface area contributed by atoms with E-state index in [9.17, 15) is 13.2 Å². The average molecular weight is 289 g/mol. The van der Waals surface area contributed by atoms with E-state index in [1.165, 1.54) is 5.56 Å². The van der Waals surface area contributed by atoms with Crippen molar-refractivity contribution in [1.82, 2.24) is 5.32 Å². The standard InChI is InChI=1S/C15H22F3NO/c1-2-19-11-14(8-9-20-12-15(16,17)18)10-13-6-4-3-5-7-13/h3-7,14,19H,2,8-12H2,1H3. The fourth-order valence-electron chi connectivity index (χ4n) is 2.01. The number of benzene rings is 1. The Morgan fingerprint density at radius 1 is 1.20 bits per heavy atom. The maximum atomic E-state index is 12.0. The zero-order valence-electron chi connectivity index (χ0n) is 11.7. The summed E-state index contributed by atoms with van der Waals surface area (Å²) in [5.41, 5.74) is 1.20. The van der Waals surface area contributed by atoms with Crippen LogP contribution in [0.5, 0.6) is 0 Å². The molecule has 2 nitrogen and oxygen atoms in total. The Labute approximate surface area is 118 Å². The van der Waals surface area contributed by atoms with Gasteiger partial charge in [0.2, 0.25) is 0 Å². The van der Waals surface area contributed by atoms with E-state index in [4.69, 9.17) is 4.74 Å². The lowest BCUT2D eigenvalue weighted by Crippen LogP contribution is -2.26. The van der Waals surface area contributed by atoms with Crippen LogP contribution >= 0.6 is 0 Å². The Hall–Kier alpha value is -1.07. The van der Waals surface area contributed by atoms with Crippen molar-refractivity contribution in [3.8, 4) is 0 Å². The Balaban J connectivity index is 2.36. The Morgan fingerprint density at radius 3 is 2.50 bits per heavy atom. The minimum Gasteiger partial charge on any atom is -0.372 e. The van der Waals surface area contributed by atoms with Crippen LogP contribution in [0.15, 0.2) is 30.3 Å². The van der Waals surface area contributed by atoms with E-state index in [1.54, 1.807) is 0 Å². The second kappa shape index (κ2) is 8.97. The number of halogens is 3. The minimum atomic E-state index is -4.24. The summed E-state index contributed by atoms with van der Waals surface area (Å²) in [4.78, 5) is 0.